The molecule has 5 nitrogen and oxygen atoms in total. The van der Waals surface area contributed by atoms with Gasteiger partial charge in [-0.2, -0.15) is 0 Å². The van der Waals surface area contributed by atoms with Crippen LogP contribution in [-0.4, -0.2) is 16.8 Å². The van der Waals surface area contributed by atoms with E-state index >= 15 is 0 Å². The number of pyridine rings is 1. The maximum Gasteiger partial charge on any atom is 0.256 e. The lowest BCUT2D eigenvalue weighted by Gasteiger charge is -2.11. The molecule has 4 rings (SSSR count). The van der Waals surface area contributed by atoms with E-state index in [0.29, 0.717) is 39.0 Å². The van der Waals surface area contributed by atoms with Crippen molar-refractivity contribution in [1.29, 1.82) is 0 Å². The van der Waals surface area contributed by atoms with Crippen LogP contribution in [-0.2, 0) is 0 Å². The first-order valence-electron chi connectivity index (χ1n) is 8.88. The van der Waals surface area contributed by atoms with Gasteiger partial charge in [-0.25, -0.2) is 9.37 Å². The highest BCUT2D eigenvalue weighted by Gasteiger charge is 2.15. The second kappa shape index (κ2) is 7.52. The van der Waals surface area contributed by atoms with Crippen LogP contribution in [0.1, 0.15) is 20.7 Å². The summed E-state index contributed by atoms with van der Waals surface area (Å²) in [5.41, 5.74) is 8.37. The molecule has 3 aromatic carbocycles. The number of fused-ring (bicyclic) bond motifs is 1. The minimum atomic E-state index is -0.575. The van der Waals surface area contributed by atoms with Gasteiger partial charge in [0.25, 0.3) is 5.91 Å². The topological polar surface area (TPSA) is 85.1 Å². The maximum absolute atomic E-state index is 13.3. The molecule has 0 aliphatic heterocycles. The average molecular weight is 385 g/mol. The monoisotopic (exact) mass is 385 g/mol. The van der Waals surface area contributed by atoms with Crippen LogP contribution in [0, 0.1) is 5.82 Å². The number of anilines is 1. The van der Waals surface area contributed by atoms with Crippen molar-refractivity contribution in [3.05, 3.63) is 95.8 Å². The van der Waals surface area contributed by atoms with E-state index in [0.717, 1.165) is 0 Å². The van der Waals surface area contributed by atoms with E-state index in [2.05, 4.69) is 10.3 Å². The maximum atomic E-state index is 13.3. The zero-order valence-corrected chi connectivity index (χ0v) is 15.2. The lowest BCUT2D eigenvalue weighted by atomic mass is 10.0. The minimum Gasteiger partial charge on any atom is -0.366 e. The molecule has 0 radical (unpaired) electrons. The van der Waals surface area contributed by atoms with Crippen molar-refractivity contribution in [2.24, 2.45) is 5.73 Å². The van der Waals surface area contributed by atoms with Crippen molar-refractivity contribution >= 4 is 28.4 Å². The Kier molecular flexibility index (Phi) is 4.75. The van der Waals surface area contributed by atoms with Gasteiger partial charge < -0.3 is 11.1 Å². The summed E-state index contributed by atoms with van der Waals surface area (Å²) < 4.78 is 13.3. The molecule has 0 unspecified atom stereocenters. The van der Waals surface area contributed by atoms with Crippen molar-refractivity contribution in [1.82, 2.24) is 4.98 Å². The Morgan fingerprint density at radius 2 is 1.66 bits per heavy atom. The van der Waals surface area contributed by atoms with Gasteiger partial charge in [-0.15, -0.1) is 0 Å². The molecule has 0 aliphatic rings. The third kappa shape index (κ3) is 3.82. The summed E-state index contributed by atoms with van der Waals surface area (Å²) in [4.78, 5) is 29.0. The fraction of sp³-hybridized carbons (Fsp3) is 0. The lowest BCUT2D eigenvalue weighted by Crippen LogP contribution is -2.15. The number of hydrogen-bond donors (Lipinski definition) is 2. The van der Waals surface area contributed by atoms with Crippen molar-refractivity contribution in [3.63, 3.8) is 0 Å². The number of primary amides is 1. The number of halogens is 1. The van der Waals surface area contributed by atoms with Crippen LogP contribution < -0.4 is 11.1 Å². The standard InChI is InChI=1S/C23H16FN3O2/c24-16-10-8-14(9-11-16)21-13-19(18-6-1-2-7-20(18)27-21)23(29)26-17-5-3-4-15(12-17)22(25)28/h1-13H,(H2,25,28)(H,26,29). The number of nitrogens with two attached hydrogens (primary N) is 1. The van der Waals surface area contributed by atoms with Gasteiger partial charge in [0.2, 0.25) is 5.91 Å². The normalized spacial score (nSPS) is 10.7. The number of aromatic nitrogens is 1. The van der Waals surface area contributed by atoms with Crippen LogP contribution in [0.4, 0.5) is 10.1 Å². The predicted octanol–water partition coefficient (Wildman–Crippen LogP) is 4.39. The van der Waals surface area contributed by atoms with E-state index in [4.69, 9.17) is 5.73 Å². The Labute approximate surface area is 166 Å². The molecule has 0 saturated heterocycles. The third-order valence-corrected chi connectivity index (χ3v) is 4.51. The molecule has 1 aromatic heterocycles. The van der Waals surface area contributed by atoms with E-state index in [-0.39, 0.29) is 11.7 Å². The zero-order valence-electron chi connectivity index (χ0n) is 15.2. The highest BCUT2D eigenvalue weighted by Crippen LogP contribution is 2.26. The number of hydrogen-bond acceptors (Lipinski definition) is 3. The van der Waals surface area contributed by atoms with Gasteiger partial charge in [0, 0.05) is 22.2 Å². The summed E-state index contributed by atoms with van der Waals surface area (Å²) in [6, 6.07) is 21.3. The first-order valence-corrected chi connectivity index (χ1v) is 8.88. The highest BCUT2D eigenvalue weighted by atomic mass is 19.1. The van der Waals surface area contributed by atoms with E-state index in [1.807, 2.05) is 24.3 Å². The van der Waals surface area contributed by atoms with Gasteiger partial charge in [0.1, 0.15) is 5.82 Å². The van der Waals surface area contributed by atoms with Crippen LogP contribution in [0.5, 0.6) is 0 Å². The summed E-state index contributed by atoms with van der Waals surface area (Å²) in [6.45, 7) is 0. The number of amides is 2. The molecule has 142 valence electrons. The number of carbonyl (C=O) groups is 2. The fourth-order valence-corrected chi connectivity index (χ4v) is 3.08. The molecular weight excluding hydrogens is 369 g/mol. The number of nitrogens with one attached hydrogen (secondary N) is 1. The molecule has 2 amide bonds. The summed E-state index contributed by atoms with van der Waals surface area (Å²) in [7, 11) is 0. The van der Waals surface area contributed by atoms with Crippen LogP contribution in [0.3, 0.4) is 0 Å². The number of rotatable bonds is 4. The smallest absolute Gasteiger partial charge is 0.256 e. The second-order valence-corrected chi connectivity index (χ2v) is 6.48. The van der Waals surface area contributed by atoms with Crippen LogP contribution in [0.2, 0.25) is 0 Å². The van der Waals surface area contributed by atoms with Gasteiger partial charge in [-0.05, 0) is 54.6 Å². The molecule has 29 heavy (non-hydrogen) atoms. The Bertz CT molecular complexity index is 1240. The van der Waals surface area contributed by atoms with E-state index < -0.39 is 5.91 Å². The van der Waals surface area contributed by atoms with E-state index in [1.165, 1.54) is 18.2 Å². The first kappa shape index (κ1) is 18.3. The molecule has 1 heterocycles. The van der Waals surface area contributed by atoms with Crippen LogP contribution in [0.15, 0.2) is 78.9 Å². The molecule has 0 spiro atoms. The molecule has 0 fully saturated rings. The molecule has 3 N–H and O–H groups in total. The number of benzene rings is 3. The fourth-order valence-electron chi connectivity index (χ4n) is 3.08. The van der Waals surface area contributed by atoms with E-state index in [1.54, 1.807) is 36.4 Å². The second-order valence-electron chi connectivity index (χ2n) is 6.48. The number of carbonyl (C=O) groups excluding carboxylic acids is 2. The molecule has 0 aliphatic carbocycles. The molecule has 6 heteroatoms. The van der Waals surface area contributed by atoms with Gasteiger partial charge >= 0.3 is 0 Å². The van der Waals surface area contributed by atoms with Gasteiger partial charge in [-0.1, -0.05) is 24.3 Å². The zero-order chi connectivity index (χ0) is 20.4. The molecular formula is C23H16FN3O2. The van der Waals surface area contributed by atoms with E-state index in [9.17, 15) is 14.0 Å². The number of para-hydroxylation sites is 1. The summed E-state index contributed by atoms with van der Waals surface area (Å²) in [5.74, 6) is -1.27. The third-order valence-electron chi connectivity index (χ3n) is 4.51. The lowest BCUT2D eigenvalue weighted by molar-refractivity contribution is 0.0996. The molecule has 0 bridgehead atoms. The minimum absolute atomic E-state index is 0.300. The molecule has 0 saturated carbocycles. The van der Waals surface area contributed by atoms with Crippen molar-refractivity contribution < 1.29 is 14.0 Å². The molecule has 4 aromatic rings. The van der Waals surface area contributed by atoms with Crippen LogP contribution >= 0.6 is 0 Å². The van der Waals surface area contributed by atoms with Crippen LogP contribution in [0.25, 0.3) is 22.2 Å². The Morgan fingerprint density at radius 1 is 0.897 bits per heavy atom. The quantitative estimate of drug-likeness (QED) is 0.546. The predicted molar refractivity (Wildman–Crippen MR) is 110 cm³/mol. The SMILES string of the molecule is NC(=O)c1cccc(NC(=O)c2cc(-c3ccc(F)cc3)nc3ccccc23)c1. The summed E-state index contributed by atoms with van der Waals surface area (Å²) in [6.07, 6.45) is 0. The van der Waals surface area contributed by atoms with Crippen molar-refractivity contribution in [2.45, 2.75) is 0 Å². The summed E-state index contributed by atoms with van der Waals surface area (Å²) in [5, 5.41) is 3.48. The average Bonchev–Trinajstić information content (AvgIpc) is 2.73. The van der Waals surface area contributed by atoms with Crippen molar-refractivity contribution in [2.75, 3.05) is 5.32 Å². The van der Waals surface area contributed by atoms with Gasteiger partial charge in [0.05, 0.1) is 16.8 Å². The Balaban J connectivity index is 1.77. The summed E-state index contributed by atoms with van der Waals surface area (Å²) >= 11 is 0. The Hall–Kier alpha value is -4.06. The first-order chi connectivity index (χ1) is 14.0. The van der Waals surface area contributed by atoms with Gasteiger partial charge in [0.15, 0.2) is 0 Å². The molecule has 0 atom stereocenters. The van der Waals surface area contributed by atoms with Crippen molar-refractivity contribution in [3.8, 4) is 11.3 Å². The van der Waals surface area contributed by atoms with Gasteiger partial charge in [-0.3, -0.25) is 9.59 Å². The largest absolute Gasteiger partial charge is 0.366 e. The highest BCUT2D eigenvalue weighted by molar-refractivity contribution is 6.13. The number of nitrogens with zero attached hydrogens (tertiary/aromatic N) is 1. The Morgan fingerprint density at radius 3 is 2.41 bits per heavy atom.